The van der Waals surface area contributed by atoms with Crippen molar-refractivity contribution in [3.63, 3.8) is 0 Å². The molecule has 0 spiro atoms. The molecule has 25 heavy (non-hydrogen) atoms. The number of nitrogens with one attached hydrogen (secondary N) is 2. The van der Waals surface area contributed by atoms with E-state index in [1.165, 1.54) is 0 Å². The molecule has 1 aliphatic heterocycles. The number of halogens is 1. The van der Waals surface area contributed by atoms with Gasteiger partial charge in [0, 0.05) is 52.2 Å². The summed E-state index contributed by atoms with van der Waals surface area (Å²) in [6, 6.07) is 7.95. The molecule has 0 bridgehead atoms. The summed E-state index contributed by atoms with van der Waals surface area (Å²) in [5.74, 6) is 0.958. The summed E-state index contributed by atoms with van der Waals surface area (Å²) < 4.78 is 0. The number of hydrogen-bond acceptors (Lipinski definition) is 3. The van der Waals surface area contributed by atoms with Crippen LogP contribution in [0.25, 0.3) is 0 Å². The van der Waals surface area contributed by atoms with E-state index in [1.807, 2.05) is 32.0 Å². The Morgan fingerprint density at radius 2 is 1.80 bits per heavy atom. The number of carbonyl (C=O) groups excluding carboxylic acids is 1. The zero-order valence-corrected chi connectivity index (χ0v) is 16.0. The Bertz CT molecular complexity index is 597. The van der Waals surface area contributed by atoms with Crippen LogP contribution < -0.4 is 15.5 Å². The predicted octanol–water partition coefficient (Wildman–Crippen LogP) is 1.81. The number of hydrogen-bond donors (Lipinski definition) is 2. The average molecular weight is 366 g/mol. The highest BCUT2D eigenvalue weighted by Gasteiger charge is 2.20. The minimum atomic E-state index is 0.0113. The van der Waals surface area contributed by atoms with Gasteiger partial charge in [0.15, 0.2) is 5.96 Å². The lowest BCUT2D eigenvalue weighted by Gasteiger charge is -2.38. The number of benzene rings is 1. The Labute approximate surface area is 155 Å². The zero-order chi connectivity index (χ0) is 18.2. The third kappa shape index (κ3) is 5.53. The lowest BCUT2D eigenvalue weighted by Crippen LogP contribution is -2.53. The Hall–Kier alpha value is -1.95. The van der Waals surface area contributed by atoms with E-state index < -0.39 is 0 Å². The van der Waals surface area contributed by atoms with Crippen molar-refractivity contribution in [1.82, 2.24) is 15.5 Å². The molecule has 0 atom stereocenters. The van der Waals surface area contributed by atoms with E-state index in [-0.39, 0.29) is 11.8 Å². The summed E-state index contributed by atoms with van der Waals surface area (Å²) >= 11 is 6.29. The predicted molar refractivity (Wildman–Crippen MR) is 104 cm³/mol. The van der Waals surface area contributed by atoms with Crippen LogP contribution in [0, 0.1) is 5.92 Å². The number of amides is 1. The van der Waals surface area contributed by atoms with Crippen molar-refractivity contribution in [3.05, 3.63) is 29.3 Å². The number of rotatable bonds is 5. The third-order valence-corrected chi connectivity index (χ3v) is 4.54. The first-order chi connectivity index (χ1) is 12.0. The van der Waals surface area contributed by atoms with Gasteiger partial charge in [-0.15, -0.1) is 0 Å². The molecule has 0 aromatic heterocycles. The molecular formula is C18H28ClN5O. The van der Waals surface area contributed by atoms with E-state index in [0.717, 1.165) is 42.8 Å². The Morgan fingerprint density at radius 1 is 1.16 bits per heavy atom. The second-order valence-corrected chi connectivity index (χ2v) is 6.75. The van der Waals surface area contributed by atoms with Crippen molar-refractivity contribution >= 4 is 29.2 Å². The number of aliphatic imine (C=N–C) groups is 1. The second kappa shape index (κ2) is 9.51. The normalized spacial score (nSPS) is 15.5. The maximum absolute atomic E-state index is 11.6. The molecule has 2 N–H and O–H groups in total. The summed E-state index contributed by atoms with van der Waals surface area (Å²) in [6.07, 6.45) is 0. The maximum atomic E-state index is 11.6. The van der Waals surface area contributed by atoms with Gasteiger partial charge in [0.05, 0.1) is 10.7 Å². The molecule has 0 aliphatic carbocycles. The van der Waals surface area contributed by atoms with Gasteiger partial charge in [0.25, 0.3) is 0 Å². The minimum absolute atomic E-state index is 0.0113. The van der Waals surface area contributed by atoms with E-state index in [2.05, 4.69) is 31.5 Å². The van der Waals surface area contributed by atoms with Crippen molar-refractivity contribution in [1.29, 1.82) is 0 Å². The summed E-state index contributed by atoms with van der Waals surface area (Å²) in [5, 5.41) is 7.01. The highest BCUT2D eigenvalue weighted by molar-refractivity contribution is 6.33. The molecular weight excluding hydrogens is 338 g/mol. The fourth-order valence-electron chi connectivity index (χ4n) is 2.76. The minimum Gasteiger partial charge on any atom is -0.367 e. The summed E-state index contributed by atoms with van der Waals surface area (Å²) in [7, 11) is 1.79. The van der Waals surface area contributed by atoms with E-state index in [0.29, 0.717) is 13.1 Å². The zero-order valence-electron chi connectivity index (χ0n) is 15.3. The fraction of sp³-hybridized carbons (Fsp3) is 0.556. The van der Waals surface area contributed by atoms with Crippen molar-refractivity contribution in [2.24, 2.45) is 10.9 Å². The SMILES string of the molecule is CN=C(NCCNC(=O)C(C)C)N1CCN(c2ccccc2Cl)CC1. The van der Waals surface area contributed by atoms with Gasteiger partial charge in [0.1, 0.15) is 0 Å². The topological polar surface area (TPSA) is 60.0 Å². The molecule has 7 heteroatoms. The third-order valence-electron chi connectivity index (χ3n) is 4.22. The first kappa shape index (κ1) is 19.4. The van der Waals surface area contributed by atoms with Gasteiger partial charge in [-0.2, -0.15) is 0 Å². The first-order valence-corrected chi connectivity index (χ1v) is 9.13. The largest absolute Gasteiger partial charge is 0.367 e. The molecule has 1 aliphatic rings. The van der Waals surface area contributed by atoms with Crippen LogP contribution >= 0.6 is 11.6 Å². The van der Waals surface area contributed by atoms with E-state index in [9.17, 15) is 4.79 Å². The molecule has 1 fully saturated rings. The molecule has 1 amide bonds. The molecule has 138 valence electrons. The second-order valence-electron chi connectivity index (χ2n) is 6.35. The van der Waals surface area contributed by atoms with Crippen LogP contribution in [0.4, 0.5) is 5.69 Å². The number of piperazine rings is 1. The van der Waals surface area contributed by atoms with E-state index >= 15 is 0 Å². The Kier molecular flexibility index (Phi) is 7.37. The van der Waals surface area contributed by atoms with Crippen LogP contribution in [0.1, 0.15) is 13.8 Å². The van der Waals surface area contributed by atoms with Gasteiger partial charge in [-0.25, -0.2) is 0 Å². The molecule has 0 saturated carbocycles. The van der Waals surface area contributed by atoms with Gasteiger partial charge >= 0.3 is 0 Å². The lowest BCUT2D eigenvalue weighted by atomic mass is 10.2. The van der Waals surface area contributed by atoms with Gasteiger partial charge < -0.3 is 20.4 Å². The van der Waals surface area contributed by atoms with E-state index in [4.69, 9.17) is 11.6 Å². The summed E-state index contributed by atoms with van der Waals surface area (Å²) in [4.78, 5) is 20.4. The summed E-state index contributed by atoms with van der Waals surface area (Å²) in [6.45, 7) is 8.58. The number of nitrogens with zero attached hydrogens (tertiary/aromatic N) is 3. The average Bonchev–Trinajstić information content (AvgIpc) is 2.62. The fourth-order valence-corrected chi connectivity index (χ4v) is 3.02. The number of anilines is 1. The lowest BCUT2D eigenvalue weighted by molar-refractivity contribution is -0.123. The number of guanidine groups is 1. The molecule has 6 nitrogen and oxygen atoms in total. The molecule has 2 rings (SSSR count). The highest BCUT2D eigenvalue weighted by Crippen LogP contribution is 2.25. The van der Waals surface area contributed by atoms with Crippen LogP contribution in [-0.4, -0.2) is 63.1 Å². The molecule has 1 heterocycles. The van der Waals surface area contributed by atoms with E-state index in [1.54, 1.807) is 7.05 Å². The highest BCUT2D eigenvalue weighted by atomic mass is 35.5. The molecule has 1 aromatic carbocycles. The van der Waals surface area contributed by atoms with Gasteiger partial charge in [-0.05, 0) is 12.1 Å². The molecule has 1 aromatic rings. The van der Waals surface area contributed by atoms with Crippen LogP contribution in [-0.2, 0) is 4.79 Å². The van der Waals surface area contributed by atoms with Gasteiger partial charge in [0.2, 0.25) is 5.91 Å². The van der Waals surface area contributed by atoms with Crippen LogP contribution in [0.15, 0.2) is 29.3 Å². The van der Waals surface area contributed by atoms with Gasteiger partial charge in [-0.1, -0.05) is 37.6 Å². The number of para-hydroxylation sites is 1. The van der Waals surface area contributed by atoms with Crippen molar-refractivity contribution in [2.45, 2.75) is 13.8 Å². The van der Waals surface area contributed by atoms with Crippen LogP contribution in [0.5, 0.6) is 0 Å². The maximum Gasteiger partial charge on any atom is 0.222 e. The number of carbonyl (C=O) groups is 1. The smallest absolute Gasteiger partial charge is 0.222 e. The quantitative estimate of drug-likeness (QED) is 0.474. The Morgan fingerprint density at radius 3 is 2.40 bits per heavy atom. The van der Waals surface area contributed by atoms with Crippen molar-refractivity contribution in [2.75, 3.05) is 51.2 Å². The Balaban J connectivity index is 1.78. The van der Waals surface area contributed by atoms with Crippen LogP contribution in [0.2, 0.25) is 5.02 Å². The van der Waals surface area contributed by atoms with Gasteiger partial charge in [-0.3, -0.25) is 9.79 Å². The summed E-state index contributed by atoms with van der Waals surface area (Å²) in [5.41, 5.74) is 1.09. The molecule has 0 radical (unpaired) electrons. The standard InChI is InChI=1S/C18H28ClN5O/c1-14(2)17(25)21-8-9-22-18(20-3)24-12-10-23(11-13-24)16-7-5-4-6-15(16)19/h4-7,14H,8-13H2,1-3H3,(H,20,22)(H,21,25). The molecule has 0 unspecified atom stereocenters. The van der Waals surface area contributed by atoms with Crippen molar-refractivity contribution in [3.8, 4) is 0 Å². The monoisotopic (exact) mass is 365 g/mol. The van der Waals surface area contributed by atoms with Crippen LogP contribution in [0.3, 0.4) is 0 Å². The van der Waals surface area contributed by atoms with Crippen molar-refractivity contribution < 1.29 is 4.79 Å². The first-order valence-electron chi connectivity index (χ1n) is 8.75. The molecule has 1 saturated heterocycles.